The van der Waals surface area contributed by atoms with Gasteiger partial charge in [0.25, 0.3) is 11.5 Å². The molecule has 3 rings (SSSR count). The third-order valence-electron chi connectivity index (χ3n) is 3.75. The molecule has 1 aliphatic heterocycles. The van der Waals surface area contributed by atoms with E-state index in [0.717, 1.165) is 12.5 Å². The fraction of sp³-hybridized carbons (Fsp3) is 0.545. The Hall–Kier alpha value is -1.93. The second kappa shape index (κ2) is 4.32. The molecule has 0 radical (unpaired) electrons. The maximum atomic E-state index is 11.9. The van der Waals surface area contributed by atoms with Crippen molar-refractivity contribution >= 4 is 5.91 Å². The Labute approximate surface area is 107 Å². The van der Waals surface area contributed by atoms with Crippen molar-refractivity contribution in [3.63, 3.8) is 0 Å². The van der Waals surface area contributed by atoms with E-state index in [2.05, 4.69) is 10.3 Å². The van der Waals surface area contributed by atoms with Gasteiger partial charge in [-0.25, -0.2) is 4.79 Å². The van der Waals surface area contributed by atoms with Gasteiger partial charge in [0.2, 0.25) is 0 Å². The van der Waals surface area contributed by atoms with Gasteiger partial charge in [0.05, 0.1) is 12.1 Å². The number of rotatable bonds is 2. The average molecular weight is 266 g/mol. The minimum absolute atomic E-state index is 0.0623. The van der Waals surface area contributed by atoms with E-state index in [1.165, 1.54) is 0 Å². The molecule has 0 bridgehead atoms. The highest BCUT2D eigenvalue weighted by Gasteiger charge is 2.52. The SMILES string of the molecule is NC1C2CCOC2C1NC(=O)c1cc(=O)[nH]c(=O)[nH]1. The van der Waals surface area contributed by atoms with E-state index in [1.54, 1.807) is 0 Å². The molecule has 4 unspecified atom stereocenters. The van der Waals surface area contributed by atoms with Crippen LogP contribution in [0.4, 0.5) is 0 Å². The molecule has 19 heavy (non-hydrogen) atoms. The van der Waals surface area contributed by atoms with Crippen molar-refractivity contribution in [1.29, 1.82) is 0 Å². The van der Waals surface area contributed by atoms with Gasteiger partial charge in [-0.1, -0.05) is 0 Å². The second-order valence-electron chi connectivity index (χ2n) is 4.87. The van der Waals surface area contributed by atoms with Crippen LogP contribution in [0.1, 0.15) is 16.9 Å². The van der Waals surface area contributed by atoms with Crippen LogP contribution in [0.3, 0.4) is 0 Å². The number of carbonyl (C=O) groups is 1. The first kappa shape index (κ1) is 12.1. The van der Waals surface area contributed by atoms with Crippen LogP contribution in [-0.2, 0) is 4.74 Å². The molecule has 5 N–H and O–H groups in total. The Morgan fingerprint density at radius 1 is 1.42 bits per heavy atom. The van der Waals surface area contributed by atoms with Crippen molar-refractivity contribution in [2.24, 2.45) is 11.7 Å². The Bertz CT molecular complexity index is 593. The van der Waals surface area contributed by atoms with Crippen molar-refractivity contribution in [2.75, 3.05) is 6.61 Å². The fourth-order valence-corrected chi connectivity index (χ4v) is 2.75. The van der Waals surface area contributed by atoms with Crippen LogP contribution >= 0.6 is 0 Å². The van der Waals surface area contributed by atoms with Gasteiger partial charge in [0.1, 0.15) is 5.69 Å². The zero-order valence-corrected chi connectivity index (χ0v) is 10.0. The highest BCUT2D eigenvalue weighted by atomic mass is 16.5. The Balaban J connectivity index is 1.75. The maximum Gasteiger partial charge on any atom is 0.326 e. The van der Waals surface area contributed by atoms with E-state index in [1.807, 2.05) is 4.98 Å². The van der Waals surface area contributed by atoms with Gasteiger partial charge in [-0.3, -0.25) is 14.6 Å². The number of aromatic amines is 2. The summed E-state index contributed by atoms with van der Waals surface area (Å²) < 4.78 is 5.48. The van der Waals surface area contributed by atoms with Crippen molar-refractivity contribution in [1.82, 2.24) is 15.3 Å². The van der Waals surface area contributed by atoms with Crippen molar-refractivity contribution in [2.45, 2.75) is 24.6 Å². The quantitative estimate of drug-likeness (QED) is 0.487. The van der Waals surface area contributed by atoms with Crippen molar-refractivity contribution in [3.05, 3.63) is 32.6 Å². The van der Waals surface area contributed by atoms with Crippen molar-refractivity contribution < 1.29 is 9.53 Å². The summed E-state index contributed by atoms with van der Waals surface area (Å²) in [6.07, 6.45) is 0.840. The molecule has 2 aliphatic rings. The van der Waals surface area contributed by atoms with Gasteiger partial charge in [0.15, 0.2) is 0 Å². The molecule has 1 saturated heterocycles. The monoisotopic (exact) mass is 266 g/mol. The van der Waals surface area contributed by atoms with Gasteiger partial charge in [-0.2, -0.15) is 0 Å². The zero-order chi connectivity index (χ0) is 13.6. The third-order valence-corrected chi connectivity index (χ3v) is 3.75. The van der Waals surface area contributed by atoms with Crippen LogP contribution < -0.4 is 22.3 Å². The summed E-state index contributed by atoms with van der Waals surface area (Å²) in [7, 11) is 0. The minimum Gasteiger partial charge on any atom is -0.376 e. The van der Waals surface area contributed by atoms with Crippen LogP contribution in [0, 0.1) is 5.92 Å². The summed E-state index contributed by atoms with van der Waals surface area (Å²) in [5.74, 6) is -0.249. The summed E-state index contributed by atoms with van der Waals surface area (Å²) in [5, 5.41) is 2.70. The van der Waals surface area contributed by atoms with Gasteiger partial charge < -0.3 is 20.8 Å². The minimum atomic E-state index is -0.717. The van der Waals surface area contributed by atoms with Crippen molar-refractivity contribution in [3.8, 4) is 0 Å². The molecule has 102 valence electrons. The number of aromatic nitrogens is 2. The first-order valence-electron chi connectivity index (χ1n) is 6.08. The number of nitrogens with one attached hydrogen (secondary N) is 3. The number of hydrogen-bond donors (Lipinski definition) is 4. The molecule has 1 aromatic heterocycles. The molecule has 2 heterocycles. The first-order valence-corrected chi connectivity index (χ1v) is 6.08. The van der Waals surface area contributed by atoms with E-state index in [-0.39, 0.29) is 29.8 Å². The standard InChI is InChI=1S/C11H14N4O4/c12-7-4-1-2-19-9(4)8(7)15-10(17)5-3-6(16)14-11(18)13-5/h3-4,7-9H,1-2,12H2,(H,15,17)(H2,13,14,16,18). The van der Waals surface area contributed by atoms with E-state index in [9.17, 15) is 14.4 Å². The molecule has 4 atom stereocenters. The summed E-state index contributed by atoms with van der Waals surface area (Å²) in [6.45, 7) is 0.650. The molecular weight excluding hydrogens is 252 g/mol. The smallest absolute Gasteiger partial charge is 0.326 e. The summed E-state index contributed by atoms with van der Waals surface area (Å²) in [5.41, 5.74) is 4.54. The lowest BCUT2D eigenvalue weighted by molar-refractivity contribution is -0.0161. The molecule has 0 aromatic carbocycles. The Morgan fingerprint density at radius 2 is 2.21 bits per heavy atom. The van der Waals surface area contributed by atoms with Gasteiger partial charge >= 0.3 is 5.69 Å². The lowest BCUT2D eigenvalue weighted by Crippen LogP contribution is -2.69. The molecule has 8 heteroatoms. The Kier molecular flexibility index (Phi) is 2.76. The largest absolute Gasteiger partial charge is 0.376 e. The summed E-state index contributed by atoms with van der Waals surface area (Å²) in [6, 6.07) is 0.612. The highest BCUT2D eigenvalue weighted by molar-refractivity contribution is 5.92. The normalized spacial score (nSPS) is 32.5. The lowest BCUT2D eigenvalue weighted by Gasteiger charge is -2.45. The van der Waals surface area contributed by atoms with Crippen LogP contribution in [0.2, 0.25) is 0 Å². The van der Waals surface area contributed by atoms with Gasteiger partial charge in [-0.15, -0.1) is 0 Å². The van der Waals surface area contributed by atoms with Crippen LogP contribution in [0.5, 0.6) is 0 Å². The molecule has 1 saturated carbocycles. The third kappa shape index (κ3) is 1.98. The molecule has 2 fully saturated rings. The molecule has 1 amide bonds. The number of amides is 1. The predicted molar refractivity (Wildman–Crippen MR) is 64.8 cm³/mol. The van der Waals surface area contributed by atoms with Gasteiger partial charge in [0, 0.05) is 24.6 Å². The Morgan fingerprint density at radius 3 is 2.95 bits per heavy atom. The summed E-state index contributed by atoms with van der Waals surface area (Å²) in [4.78, 5) is 38.4. The van der Waals surface area contributed by atoms with E-state index >= 15 is 0 Å². The molecular formula is C11H14N4O4. The second-order valence-corrected chi connectivity index (χ2v) is 4.87. The van der Waals surface area contributed by atoms with Crippen LogP contribution in [0.25, 0.3) is 0 Å². The van der Waals surface area contributed by atoms with Crippen LogP contribution in [-0.4, -0.2) is 40.7 Å². The number of H-pyrrole nitrogens is 2. The van der Waals surface area contributed by atoms with E-state index in [4.69, 9.17) is 10.5 Å². The summed E-state index contributed by atoms with van der Waals surface area (Å²) >= 11 is 0. The molecule has 1 aliphatic carbocycles. The predicted octanol–water partition coefficient (Wildman–Crippen LogP) is -2.09. The topological polar surface area (TPSA) is 130 Å². The highest BCUT2D eigenvalue weighted by Crippen LogP contribution is 2.37. The number of carbonyl (C=O) groups excluding carboxylic acids is 1. The zero-order valence-electron chi connectivity index (χ0n) is 10.0. The molecule has 8 nitrogen and oxygen atoms in total. The first-order chi connectivity index (χ1) is 9.06. The van der Waals surface area contributed by atoms with Gasteiger partial charge in [-0.05, 0) is 6.42 Å². The number of ether oxygens (including phenoxy) is 1. The maximum absolute atomic E-state index is 11.9. The van der Waals surface area contributed by atoms with E-state index < -0.39 is 17.2 Å². The van der Waals surface area contributed by atoms with Crippen LogP contribution in [0.15, 0.2) is 15.7 Å². The number of fused-ring (bicyclic) bond motifs is 1. The molecule has 0 spiro atoms. The van der Waals surface area contributed by atoms with E-state index in [0.29, 0.717) is 6.61 Å². The number of hydrogen-bond acceptors (Lipinski definition) is 5. The average Bonchev–Trinajstić information content (AvgIpc) is 2.79. The lowest BCUT2D eigenvalue weighted by atomic mass is 9.72. The molecule has 1 aromatic rings. The number of nitrogens with two attached hydrogens (primary N) is 1. The fourth-order valence-electron chi connectivity index (χ4n) is 2.75.